The van der Waals surface area contributed by atoms with E-state index < -0.39 is 0 Å². The Labute approximate surface area is 71.7 Å². The summed E-state index contributed by atoms with van der Waals surface area (Å²) >= 11 is 0. The van der Waals surface area contributed by atoms with Crippen molar-refractivity contribution in [1.29, 1.82) is 0 Å². The third-order valence-electron chi connectivity index (χ3n) is 2.14. The number of hydrogen-bond donors (Lipinski definition) is 1. The van der Waals surface area contributed by atoms with Crippen molar-refractivity contribution in [2.75, 3.05) is 6.54 Å². The summed E-state index contributed by atoms with van der Waals surface area (Å²) < 4.78 is 0. The summed E-state index contributed by atoms with van der Waals surface area (Å²) in [5.41, 5.74) is 5.03. The summed E-state index contributed by atoms with van der Waals surface area (Å²) in [7, 11) is 0. The molecule has 0 radical (unpaired) electrons. The van der Waals surface area contributed by atoms with Crippen LogP contribution in [0.3, 0.4) is 0 Å². The van der Waals surface area contributed by atoms with Crippen LogP contribution in [0.1, 0.15) is 26.2 Å². The second-order valence-corrected chi connectivity index (χ2v) is 3.21. The molecule has 68 valence electrons. The van der Waals surface area contributed by atoms with Crippen molar-refractivity contribution in [2.45, 2.75) is 32.2 Å². The van der Waals surface area contributed by atoms with Crippen LogP contribution in [0.2, 0.25) is 0 Å². The van der Waals surface area contributed by atoms with Gasteiger partial charge in [0, 0.05) is 25.4 Å². The Bertz CT molecular complexity index is 203. The quantitative estimate of drug-likeness (QED) is 0.641. The molecular weight excluding hydrogens is 156 g/mol. The highest BCUT2D eigenvalue weighted by atomic mass is 16.2. The Morgan fingerprint density at radius 2 is 2.42 bits per heavy atom. The van der Waals surface area contributed by atoms with Gasteiger partial charge >= 0.3 is 0 Å². The van der Waals surface area contributed by atoms with Crippen LogP contribution in [0.4, 0.5) is 0 Å². The molecule has 0 aromatic carbocycles. The first-order chi connectivity index (χ1) is 5.61. The number of nitrogens with two attached hydrogens (primary N) is 1. The van der Waals surface area contributed by atoms with Crippen LogP contribution < -0.4 is 5.73 Å². The fourth-order valence-electron chi connectivity index (χ4n) is 1.54. The lowest BCUT2D eigenvalue weighted by Crippen LogP contribution is -2.36. The summed E-state index contributed by atoms with van der Waals surface area (Å²) in [5.74, 6) is -0.203. The van der Waals surface area contributed by atoms with Gasteiger partial charge in [0.1, 0.15) is 0 Å². The Balaban J connectivity index is 2.45. The van der Waals surface area contributed by atoms with Gasteiger partial charge in [0.05, 0.1) is 0 Å². The number of rotatable bonds is 3. The number of nitrogens with zero attached hydrogens (tertiary/aromatic N) is 1. The van der Waals surface area contributed by atoms with Crippen molar-refractivity contribution >= 4 is 11.8 Å². The predicted octanol–water partition coefficient (Wildman–Crippen LogP) is -0.127. The third kappa shape index (κ3) is 1.96. The van der Waals surface area contributed by atoms with Crippen LogP contribution in [0, 0.1) is 0 Å². The van der Waals surface area contributed by atoms with Gasteiger partial charge in [0.25, 0.3) is 0 Å². The summed E-state index contributed by atoms with van der Waals surface area (Å²) in [5, 5.41) is 0. The van der Waals surface area contributed by atoms with E-state index in [0.29, 0.717) is 6.42 Å². The second kappa shape index (κ2) is 3.56. The van der Waals surface area contributed by atoms with E-state index in [1.807, 2.05) is 6.92 Å². The standard InChI is InChI=1S/C8H14N2O2/c1-6(5-7(9)11)10-4-2-3-8(10)12/h6H,2-5H2,1H3,(H2,9,11). The number of likely N-dealkylation sites (tertiary alicyclic amines) is 1. The van der Waals surface area contributed by atoms with Gasteiger partial charge in [-0.05, 0) is 13.3 Å². The maximum absolute atomic E-state index is 11.2. The molecular formula is C8H14N2O2. The largest absolute Gasteiger partial charge is 0.370 e. The summed E-state index contributed by atoms with van der Waals surface area (Å²) in [6, 6.07) is -0.0301. The lowest BCUT2D eigenvalue weighted by atomic mass is 10.2. The zero-order valence-electron chi connectivity index (χ0n) is 7.25. The maximum Gasteiger partial charge on any atom is 0.222 e. The number of hydrogen-bond acceptors (Lipinski definition) is 2. The highest BCUT2D eigenvalue weighted by Gasteiger charge is 2.25. The molecule has 4 heteroatoms. The van der Waals surface area contributed by atoms with Gasteiger partial charge < -0.3 is 10.6 Å². The summed E-state index contributed by atoms with van der Waals surface area (Å²) in [4.78, 5) is 23.5. The number of carbonyl (C=O) groups is 2. The Morgan fingerprint density at radius 3 is 2.83 bits per heavy atom. The Kier molecular flexibility index (Phi) is 2.68. The highest BCUT2D eigenvalue weighted by molar-refractivity contribution is 5.80. The Hall–Kier alpha value is -1.06. The third-order valence-corrected chi connectivity index (χ3v) is 2.14. The summed E-state index contributed by atoms with van der Waals surface area (Å²) in [6.45, 7) is 2.63. The van der Waals surface area contributed by atoms with Crippen molar-refractivity contribution in [1.82, 2.24) is 4.90 Å². The minimum absolute atomic E-state index is 0.0301. The van der Waals surface area contributed by atoms with E-state index in [1.54, 1.807) is 4.90 Å². The molecule has 2 N–H and O–H groups in total. The average molecular weight is 170 g/mol. The minimum Gasteiger partial charge on any atom is -0.370 e. The fraction of sp³-hybridized carbons (Fsp3) is 0.750. The van der Waals surface area contributed by atoms with Gasteiger partial charge in [-0.15, -0.1) is 0 Å². The molecule has 0 aromatic rings. The molecule has 4 nitrogen and oxygen atoms in total. The van der Waals surface area contributed by atoms with E-state index >= 15 is 0 Å². The van der Waals surface area contributed by atoms with Crippen molar-refractivity contribution in [3.63, 3.8) is 0 Å². The molecule has 2 amide bonds. The first-order valence-corrected chi connectivity index (χ1v) is 4.19. The van der Waals surface area contributed by atoms with E-state index in [1.165, 1.54) is 0 Å². The van der Waals surface area contributed by atoms with Crippen molar-refractivity contribution in [2.24, 2.45) is 5.73 Å². The molecule has 1 atom stereocenters. The van der Waals surface area contributed by atoms with Gasteiger partial charge in [-0.25, -0.2) is 0 Å². The first-order valence-electron chi connectivity index (χ1n) is 4.19. The van der Waals surface area contributed by atoms with E-state index in [0.717, 1.165) is 13.0 Å². The van der Waals surface area contributed by atoms with Crippen LogP contribution in [0.5, 0.6) is 0 Å². The van der Waals surface area contributed by atoms with E-state index in [9.17, 15) is 9.59 Å². The second-order valence-electron chi connectivity index (χ2n) is 3.21. The molecule has 1 rings (SSSR count). The molecule has 1 aliphatic heterocycles. The van der Waals surface area contributed by atoms with E-state index in [-0.39, 0.29) is 24.3 Å². The first kappa shape index (κ1) is 9.03. The van der Waals surface area contributed by atoms with Gasteiger partial charge in [0.15, 0.2) is 0 Å². The molecule has 12 heavy (non-hydrogen) atoms. The highest BCUT2D eigenvalue weighted by Crippen LogP contribution is 2.14. The lowest BCUT2D eigenvalue weighted by Gasteiger charge is -2.22. The molecule has 0 aliphatic carbocycles. The molecule has 1 heterocycles. The molecule has 1 aliphatic rings. The molecule has 0 aromatic heterocycles. The lowest BCUT2D eigenvalue weighted by molar-refractivity contribution is -0.130. The van der Waals surface area contributed by atoms with Gasteiger partial charge in [-0.2, -0.15) is 0 Å². The van der Waals surface area contributed by atoms with Crippen molar-refractivity contribution in [3.8, 4) is 0 Å². The molecule has 0 spiro atoms. The van der Waals surface area contributed by atoms with Crippen molar-refractivity contribution < 1.29 is 9.59 Å². The maximum atomic E-state index is 11.2. The molecule has 1 unspecified atom stereocenters. The zero-order valence-corrected chi connectivity index (χ0v) is 7.25. The van der Waals surface area contributed by atoms with Crippen LogP contribution in [-0.4, -0.2) is 29.3 Å². The monoisotopic (exact) mass is 170 g/mol. The minimum atomic E-state index is -0.345. The molecule has 0 bridgehead atoms. The number of carbonyl (C=O) groups excluding carboxylic acids is 2. The Morgan fingerprint density at radius 1 is 1.75 bits per heavy atom. The number of primary amides is 1. The van der Waals surface area contributed by atoms with E-state index in [4.69, 9.17) is 5.73 Å². The van der Waals surface area contributed by atoms with Crippen LogP contribution in [-0.2, 0) is 9.59 Å². The van der Waals surface area contributed by atoms with Crippen LogP contribution in [0.25, 0.3) is 0 Å². The summed E-state index contributed by atoms with van der Waals surface area (Å²) in [6.07, 6.45) is 1.79. The van der Waals surface area contributed by atoms with Crippen molar-refractivity contribution in [3.05, 3.63) is 0 Å². The van der Waals surface area contributed by atoms with Gasteiger partial charge in [-0.1, -0.05) is 0 Å². The average Bonchev–Trinajstić information content (AvgIpc) is 2.33. The van der Waals surface area contributed by atoms with Crippen LogP contribution in [0.15, 0.2) is 0 Å². The SMILES string of the molecule is CC(CC(N)=O)N1CCCC1=O. The zero-order chi connectivity index (χ0) is 9.14. The van der Waals surface area contributed by atoms with Gasteiger partial charge in [0.2, 0.25) is 11.8 Å². The van der Waals surface area contributed by atoms with Crippen LogP contribution >= 0.6 is 0 Å². The predicted molar refractivity (Wildman–Crippen MR) is 44.2 cm³/mol. The molecule has 0 saturated carbocycles. The van der Waals surface area contributed by atoms with E-state index in [2.05, 4.69) is 0 Å². The number of amides is 2. The topological polar surface area (TPSA) is 63.4 Å². The fourth-order valence-corrected chi connectivity index (χ4v) is 1.54. The van der Waals surface area contributed by atoms with Gasteiger partial charge in [-0.3, -0.25) is 9.59 Å². The smallest absolute Gasteiger partial charge is 0.222 e. The normalized spacial score (nSPS) is 19.8. The molecule has 1 fully saturated rings. The molecule has 1 saturated heterocycles.